The maximum atomic E-state index is 13.2. The number of aromatic nitrogens is 2. The van der Waals surface area contributed by atoms with Crippen LogP contribution < -0.4 is 0 Å². The van der Waals surface area contributed by atoms with Gasteiger partial charge in [0.05, 0.1) is 34.4 Å². The van der Waals surface area contributed by atoms with Gasteiger partial charge in [-0.3, -0.25) is 14.3 Å². The lowest BCUT2D eigenvalue weighted by Crippen LogP contribution is -2.50. The summed E-state index contributed by atoms with van der Waals surface area (Å²) in [5.74, 6) is 0.0573. The molecular formula is C21H22N4O5S2. The smallest absolute Gasteiger partial charge is 0.289 e. The molecular weight excluding hydrogens is 452 g/mol. The van der Waals surface area contributed by atoms with Gasteiger partial charge in [-0.05, 0) is 36.1 Å². The van der Waals surface area contributed by atoms with E-state index in [0.29, 0.717) is 38.3 Å². The lowest BCUT2D eigenvalue weighted by Gasteiger charge is -2.33. The molecule has 1 atom stereocenters. The second-order valence-electron chi connectivity index (χ2n) is 7.96. The van der Waals surface area contributed by atoms with Gasteiger partial charge in [-0.1, -0.05) is 6.07 Å². The van der Waals surface area contributed by atoms with E-state index in [4.69, 9.17) is 4.42 Å². The first-order valence-corrected chi connectivity index (χ1v) is 13.1. The summed E-state index contributed by atoms with van der Waals surface area (Å²) in [6.07, 6.45) is 1.95. The van der Waals surface area contributed by atoms with Crippen molar-refractivity contribution in [1.82, 2.24) is 19.6 Å². The Labute approximate surface area is 189 Å². The highest BCUT2D eigenvalue weighted by Gasteiger charge is 2.33. The molecule has 0 aromatic carbocycles. The highest BCUT2D eigenvalue weighted by atomic mass is 32.2. The molecule has 11 heteroatoms. The minimum atomic E-state index is -3.09. The Morgan fingerprint density at radius 2 is 1.81 bits per heavy atom. The van der Waals surface area contributed by atoms with Crippen molar-refractivity contribution >= 4 is 33.0 Å². The van der Waals surface area contributed by atoms with Gasteiger partial charge < -0.3 is 14.2 Å². The molecule has 9 nitrogen and oxygen atoms in total. The number of nitrogens with zero attached hydrogens (tertiary/aromatic N) is 4. The van der Waals surface area contributed by atoms with E-state index in [0.717, 1.165) is 10.6 Å². The lowest BCUT2D eigenvalue weighted by molar-refractivity contribution is 0.0514. The van der Waals surface area contributed by atoms with E-state index < -0.39 is 9.84 Å². The Morgan fingerprint density at radius 1 is 1.06 bits per heavy atom. The van der Waals surface area contributed by atoms with Crippen molar-refractivity contribution < 1.29 is 22.4 Å². The van der Waals surface area contributed by atoms with Gasteiger partial charge in [0.1, 0.15) is 0 Å². The van der Waals surface area contributed by atoms with Gasteiger partial charge in [0.15, 0.2) is 21.3 Å². The molecule has 168 valence electrons. The SMILES string of the molecule is O=C(c1cc(-c2cccs2)n([C@@H]2CCS(=O)(=O)C2)n1)N1CCN(C(=O)c2ccco2)CC1. The van der Waals surface area contributed by atoms with Crippen LogP contribution in [0.4, 0.5) is 0 Å². The Balaban J connectivity index is 1.34. The molecule has 0 saturated carbocycles. The van der Waals surface area contributed by atoms with Crippen molar-refractivity contribution in [3.8, 4) is 10.6 Å². The molecule has 0 unspecified atom stereocenters. The van der Waals surface area contributed by atoms with Gasteiger partial charge in [0, 0.05) is 26.2 Å². The van der Waals surface area contributed by atoms with E-state index in [1.54, 1.807) is 32.7 Å². The number of piperazine rings is 1. The van der Waals surface area contributed by atoms with Crippen LogP contribution in [-0.4, -0.2) is 77.5 Å². The normalized spacial score (nSPS) is 20.6. The third kappa shape index (κ3) is 3.97. The van der Waals surface area contributed by atoms with Crippen LogP contribution in [0.2, 0.25) is 0 Å². The van der Waals surface area contributed by atoms with Crippen LogP contribution >= 0.6 is 11.3 Å². The number of carbonyl (C=O) groups excluding carboxylic acids is 2. The molecule has 0 bridgehead atoms. The number of thiophene rings is 1. The zero-order chi connectivity index (χ0) is 22.3. The summed E-state index contributed by atoms with van der Waals surface area (Å²) >= 11 is 1.52. The predicted molar refractivity (Wildman–Crippen MR) is 118 cm³/mol. The van der Waals surface area contributed by atoms with Gasteiger partial charge >= 0.3 is 0 Å². The highest BCUT2D eigenvalue weighted by Crippen LogP contribution is 2.32. The van der Waals surface area contributed by atoms with E-state index >= 15 is 0 Å². The van der Waals surface area contributed by atoms with Crippen molar-refractivity contribution in [3.63, 3.8) is 0 Å². The molecule has 3 aromatic heterocycles. The minimum absolute atomic E-state index is 0.0360. The van der Waals surface area contributed by atoms with Crippen molar-refractivity contribution in [2.75, 3.05) is 37.7 Å². The number of amides is 2. The molecule has 2 aliphatic rings. The van der Waals surface area contributed by atoms with E-state index in [1.807, 2.05) is 17.5 Å². The zero-order valence-corrected chi connectivity index (χ0v) is 18.8. The summed E-state index contributed by atoms with van der Waals surface area (Å²) in [5, 5.41) is 6.50. The molecule has 2 amide bonds. The molecule has 2 aliphatic heterocycles. The molecule has 5 heterocycles. The monoisotopic (exact) mass is 474 g/mol. The zero-order valence-electron chi connectivity index (χ0n) is 17.2. The van der Waals surface area contributed by atoms with Crippen molar-refractivity contribution in [2.24, 2.45) is 0 Å². The number of carbonyl (C=O) groups is 2. The van der Waals surface area contributed by atoms with Crippen molar-refractivity contribution in [3.05, 3.63) is 53.4 Å². The summed E-state index contributed by atoms with van der Waals surface area (Å²) < 4.78 is 30.9. The summed E-state index contributed by atoms with van der Waals surface area (Å²) in [7, 11) is -3.09. The third-order valence-corrected chi connectivity index (χ3v) is 8.51. The fourth-order valence-corrected chi connectivity index (χ4v) is 6.61. The van der Waals surface area contributed by atoms with Crippen LogP contribution in [0.1, 0.15) is 33.5 Å². The Kier molecular flexibility index (Phi) is 5.38. The summed E-state index contributed by atoms with van der Waals surface area (Å²) in [6, 6.07) is 8.63. The molecule has 0 aliphatic carbocycles. The predicted octanol–water partition coefficient (Wildman–Crippen LogP) is 2.16. The molecule has 2 fully saturated rings. The molecule has 5 rings (SSSR count). The molecule has 3 aromatic rings. The second-order valence-corrected chi connectivity index (χ2v) is 11.1. The van der Waals surface area contributed by atoms with Crippen LogP contribution in [0, 0.1) is 0 Å². The quantitative estimate of drug-likeness (QED) is 0.574. The fraction of sp³-hybridized carbons (Fsp3) is 0.381. The summed E-state index contributed by atoms with van der Waals surface area (Å²) in [4.78, 5) is 29.9. The molecule has 0 N–H and O–H groups in total. The first-order chi connectivity index (χ1) is 15.4. The molecule has 0 spiro atoms. The maximum absolute atomic E-state index is 13.2. The van der Waals surface area contributed by atoms with Gasteiger partial charge in [-0.15, -0.1) is 11.3 Å². The highest BCUT2D eigenvalue weighted by molar-refractivity contribution is 7.91. The van der Waals surface area contributed by atoms with Gasteiger partial charge in [-0.2, -0.15) is 5.10 Å². The fourth-order valence-electron chi connectivity index (χ4n) is 4.18. The van der Waals surface area contributed by atoms with E-state index in [-0.39, 0.29) is 35.1 Å². The minimum Gasteiger partial charge on any atom is -0.459 e. The Hall–Kier alpha value is -2.92. The first kappa shape index (κ1) is 21.0. The second kappa shape index (κ2) is 8.21. The van der Waals surface area contributed by atoms with Crippen LogP contribution in [-0.2, 0) is 9.84 Å². The van der Waals surface area contributed by atoms with Crippen LogP contribution in [0.15, 0.2) is 46.4 Å². The average Bonchev–Trinajstić information content (AvgIpc) is 3.59. The summed E-state index contributed by atoms with van der Waals surface area (Å²) in [5.41, 5.74) is 1.06. The van der Waals surface area contributed by atoms with Gasteiger partial charge in [-0.25, -0.2) is 8.42 Å². The van der Waals surface area contributed by atoms with Crippen LogP contribution in [0.25, 0.3) is 10.6 Å². The molecule has 32 heavy (non-hydrogen) atoms. The summed E-state index contributed by atoms with van der Waals surface area (Å²) in [6.45, 7) is 1.60. The standard InChI is InChI=1S/C21H22N4O5S2/c26-20(23-6-8-24(9-7-23)21(27)18-3-1-10-30-18)16-13-17(19-4-2-11-31-19)25(22-16)15-5-12-32(28,29)14-15/h1-4,10-11,13,15H,5-9,12,14H2/t15-/m1/s1. The van der Waals surface area contributed by atoms with Crippen LogP contribution in [0.3, 0.4) is 0 Å². The maximum Gasteiger partial charge on any atom is 0.289 e. The van der Waals surface area contributed by atoms with Crippen molar-refractivity contribution in [1.29, 1.82) is 0 Å². The number of rotatable bonds is 4. The lowest BCUT2D eigenvalue weighted by atomic mass is 10.2. The van der Waals surface area contributed by atoms with E-state index in [2.05, 4.69) is 5.10 Å². The number of furan rings is 1. The van der Waals surface area contributed by atoms with Crippen molar-refractivity contribution in [2.45, 2.75) is 12.5 Å². The first-order valence-electron chi connectivity index (χ1n) is 10.4. The number of hydrogen-bond acceptors (Lipinski definition) is 7. The largest absolute Gasteiger partial charge is 0.459 e. The number of sulfone groups is 1. The third-order valence-electron chi connectivity index (χ3n) is 5.87. The molecule has 0 radical (unpaired) electrons. The van der Waals surface area contributed by atoms with Gasteiger partial charge in [0.25, 0.3) is 11.8 Å². The van der Waals surface area contributed by atoms with E-state index in [1.165, 1.54) is 17.6 Å². The number of hydrogen-bond donors (Lipinski definition) is 0. The van der Waals surface area contributed by atoms with Crippen LogP contribution in [0.5, 0.6) is 0 Å². The topological polar surface area (TPSA) is 106 Å². The Bertz CT molecular complexity index is 1220. The molecule has 2 saturated heterocycles. The van der Waals surface area contributed by atoms with Gasteiger partial charge in [0.2, 0.25) is 0 Å². The van der Waals surface area contributed by atoms with E-state index in [9.17, 15) is 18.0 Å². The average molecular weight is 475 g/mol. The Morgan fingerprint density at radius 3 is 2.41 bits per heavy atom.